The number of anilines is 1. The lowest BCUT2D eigenvalue weighted by Gasteiger charge is -2.17. The molecule has 0 fully saturated rings. The molecule has 0 radical (unpaired) electrons. The Balaban J connectivity index is 1.68. The predicted octanol–water partition coefficient (Wildman–Crippen LogP) is 1.76. The highest BCUT2D eigenvalue weighted by atomic mass is 32.2. The number of aromatic nitrogens is 4. The molecule has 0 spiro atoms. The molecule has 0 aromatic carbocycles. The second-order valence-electron chi connectivity index (χ2n) is 5.43. The average Bonchev–Trinajstić information content (AvgIpc) is 2.83. The van der Waals surface area contributed by atoms with Crippen LogP contribution in [-0.4, -0.2) is 43.4 Å². The first-order valence-electron chi connectivity index (χ1n) is 7.58. The topological polar surface area (TPSA) is 75.9 Å². The Morgan fingerprint density at radius 2 is 2.30 bits per heavy atom. The number of carbonyl (C=O) groups excluding carboxylic acids is 1. The average molecular weight is 332 g/mol. The number of carbonyl (C=O) groups is 1. The van der Waals surface area contributed by atoms with E-state index < -0.39 is 0 Å². The molecular formula is C15H20N6OS. The van der Waals surface area contributed by atoms with Crippen LogP contribution in [-0.2, 0) is 24.4 Å². The molecule has 0 bridgehead atoms. The summed E-state index contributed by atoms with van der Waals surface area (Å²) >= 11 is 1.51. The van der Waals surface area contributed by atoms with E-state index in [2.05, 4.69) is 26.4 Å². The van der Waals surface area contributed by atoms with Gasteiger partial charge < -0.3 is 10.2 Å². The standard InChI is InChI=1S/C15H20N6OS/c1-11(22)20-6-3-7-21-13(10-20)8-12(19-21)9-17-14-4-5-16-15(18-14)23-2/h4-5,8H,3,6-7,9-10H2,1-2H3,(H,16,17,18). The van der Waals surface area contributed by atoms with E-state index >= 15 is 0 Å². The van der Waals surface area contributed by atoms with Crippen molar-refractivity contribution in [3.8, 4) is 0 Å². The Labute approximate surface area is 139 Å². The molecule has 122 valence electrons. The molecule has 1 aliphatic rings. The van der Waals surface area contributed by atoms with Crippen molar-refractivity contribution < 1.29 is 4.79 Å². The van der Waals surface area contributed by atoms with E-state index in [1.807, 2.05) is 21.9 Å². The minimum absolute atomic E-state index is 0.116. The van der Waals surface area contributed by atoms with E-state index in [4.69, 9.17) is 0 Å². The summed E-state index contributed by atoms with van der Waals surface area (Å²) in [5.41, 5.74) is 2.04. The largest absolute Gasteiger partial charge is 0.364 e. The SMILES string of the molecule is CSc1nccc(NCc2cc3n(n2)CCCN(C(C)=O)C3)n1. The Morgan fingerprint density at radius 3 is 3.09 bits per heavy atom. The van der Waals surface area contributed by atoms with Crippen molar-refractivity contribution >= 4 is 23.5 Å². The molecule has 0 aliphatic carbocycles. The lowest BCUT2D eigenvalue weighted by atomic mass is 10.3. The lowest BCUT2D eigenvalue weighted by Crippen LogP contribution is -2.28. The van der Waals surface area contributed by atoms with Gasteiger partial charge in [0.1, 0.15) is 5.82 Å². The molecule has 0 atom stereocenters. The fourth-order valence-electron chi connectivity index (χ4n) is 2.60. The first kappa shape index (κ1) is 15.8. The highest BCUT2D eigenvalue weighted by Gasteiger charge is 2.18. The van der Waals surface area contributed by atoms with Crippen molar-refractivity contribution in [2.45, 2.75) is 38.1 Å². The van der Waals surface area contributed by atoms with Crippen molar-refractivity contribution in [3.05, 3.63) is 29.7 Å². The minimum Gasteiger partial charge on any atom is -0.364 e. The summed E-state index contributed by atoms with van der Waals surface area (Å²) in [6.45, 7) is 4.50. The zero-order chi connectivity index (χ0) is 16.2. The van der Waals surface area contributed by atoms with Gasteiger partial charge >= 0.3 is 0 Å². The predicted molar refractivity (Wildman–Crippen MR) is 89.1 cm³/mol. The lowest BCUT2D eigenvalue weighted by molar-refractivity contribution is -0.129. The minimum atomic E-state index is 0.116. The summed E-state index contributed by atoms with van der Waals surface area (Å²) in [5.74, 6) is 0.905. The Hall–Kier alpha value is -2.09. The van der Waals surface area contributed by atoms with Crippen LogP contribution in [0, 0.1) is 0 Å². The Bertz CT molecular complexity index is 701. The van der Waals surface area contributed by atoms with Gasteiger partial charge in [0.25, 0.3) is 0 Å². The van der Waals surface area contributed by atoms with Gasteiger partial charge in [0.2, 0.25) is 5.91 Å². The first-order chi connectivity index (χ1) is 11.2. The molecule has 8 heteroatoms. The second kappa shape index (κ2) is 6.99. The van der Waals surface area contributed by atoms with E-state index in [9.17, 15) is 4.79 Å². The van der Waals surface area contributed by atoms with Gasteiger partial charge in [-0.3, -0.25) is 9.48 Å². The number of amides is 1. The molecule has 2 aromatic heterocycles. The third-order valence-corrected chi connectivity index (χ3v) is 4.34. The summed E-state index contributed by atoms with van der Waals surface area (Å²) in [4.78, 5) is 22.0. The van der Waals surface area contributed by atoms with Gasteiger partial charge in [-0.15, -0.1) is 0 Å². The van der Waals surface area contributed by atoms with Crippen LogP contribution in [0.15, 0.2) is 23.5 Å². The van der Waals surface area contributed by atoms with Crippen molar-refractivity contribution in [1.82, 2.24) is 24.6 Å². The monoisotopic (exact) mass is 332 g/mol. The van der Waals surface area contributed by atoms with Gasteiger partial charge in [0.15, 0.2) is 5.16 Å². The number of hydrogen-bond acceptors (Lipinski definition) is 6. The summed E-state index contributed by atoms with van der Waals surface area (Å²) in [5, 5.41) is 8.65. The molecule has 0 unspecified atom stereocenters. The van der Waals surface area contributed by atoms with Crippen molar-refractivity contribution in [2.24, 2.45) is 0 Å². The second-order valence-corrected chi connectivity index (χ2v) is 6.20. The molecule has 1 N–H and O–H groups in total. The molecule has 3 rings (SSSR count). The van der Waals surface area contributed by atoms with Gasteiger partial charge in [-0.25, -0.2) is 9.97 Å². The van der Waals surface area contributed by atoms with Gasteiger partial charge in [-0.1, -0.05) is 11.8 Å². The normalized spacial score (nSPS) is 14.3. The van der Waals surface area contributed by atoms with Crippen LogP contribution in [0.5, 0.6) is 0 Å². The summed E-state index contributed by atoms with van der Waals surface area (Å²) in [7, 11) is 0. The molecule has 1 amide bonds. The van der Waals surface area contributed by atoms with E-state index in [-0.39, 0.29) is 5.91 Å². The van der Waals surface area contributed by atoms with Gasteiger partial charge in [0, 0.05) is 26.2 Å². The number of nitrogens with one attached hydrogen (secondary N) is 1. The molecule has 7 nitrogen and oxygen atoms in total. The smallest absolute Gasteiger partial charge is 0.219 e. The van der Waals surface area contributed by atoms with Crippen LogP contribution in [0.4, 0.5) is 5.82 Å². The number of hydrogen-bond donors (Lipinski definition) is 1. The van der Waals surface area contributed by atoms with E-state index in [0.29, 0.717) is 13.1 Å². The quantitative estimate of drug-likeness (QED) is 0.679. The Morgan fingerprint density at radius 1 is 1.43 bits per heavy atom. The number of rotatable bonds is 4. The maximum atomic E-state index is 11.6. The first-order valence-corrected chi connectivity index (χ1v) is 8.80. The summed E-state index contributed by atoms with van der Waals surface area (Å²) in [6, 6.07) is 3.91. The van der Waals surface area contributed by atoms with Crippen LogP contribution < -0.4 is 5.32 Å². The molecule has 0 saturated carbocycles. The van der Waals surface area contributed by atoms with E-state index in [1.165, 1.54) is 11.8 Å². The number of thioether (sulfide) groups is 1. The highest BCUT2D eigenvalue weighted by Crippen LogP contribution is 2.15. The molecule has 23 heavy (non-hydrogen) atoms. The number of aryl methyl sites for hydroxylation is 1. The Kier molecular flexibility index (Phi) is 4.80. The van der Waals surface area contributed by atoms with Crippen molar-refractivity contribution in [2.75, 3.05) is 18.1 Å². The number of nitrogens with zero attached hydrogens (tertiary/aromatic N) is 5. The van der Waals surface area contributed by atoms with Gasteiger partial charge in [0.05, 0.1) is 24.5 Å². The molecular weight excluding hydrogens is 312 g/mol. The van der Waals surface area contributed by atoms with Crippen LogP contribution >= 0.6 is 11.8 Å². The van der Waals surface area contributed by atoms with Crippen molar-refractivity contribution in [3.63, 3.8) is 0 Å². The van der Waals surface area contributed by atoms with Crippen LogP contribution in [0.25, 0.3) is 0 Å². The maximum Gasteiger partial charge on any atom is 0.219 e. The van der Waals surface area contributed by atoms with E-state index in [0.717, 1.165) is 41.9 Å². The molecule has 1 aliphatic heterocycles. The highest BCUT2D eigenvalue weighted by molar-refractivity contribution is 7.98. The van der Waals surface area contributed by atoms with Gasteiger partial charge in [-0.2, -0.15) is 5.10 Å². The fraction of sp³-hybridized carbons (Fsp3) is 0.467. The van der Waals surface area contributed by atoms with E-state index in [1.54, 1.807) is 13.1 Å². The zero-order valence-corrected chi connectivity index (χ0v) is 14.1. The third kappa shape index (κ3) is 3.82. The maximum absolute atomic E-state index is 11.6. The molecule has 3 heterocycles. The third-order valence-electron chi connectivity index (χ3n) is 3.78. The molecule has 0 saturated heterocycles. The van der Waals surface area contributed by atoms with Crippen LogP contribution in [0.1, 0.15) is 24.7 Å². The van der Waals surface area contributed by atoms with Crippen LogP contribution in [0.3, 0.4) is 0 Å². The summed E-state index contributed by atoms with van der Waals surface area (Å²) in [6.07, 6.45) is 4.63. The van der Waals surface area contributed by atoms with Gasteiger partial charge in [-0.05, 0) is 24.8 Å². The van der Waals surface area contributed by atoms with Crippen molar-refractivity contribution in [1.29, 1.82) is 0 Å². The number of fused-ring (bicyclic) bond motifs is 1. The fourth-order valence-corrected chi connectivity index (χ4v) is 2.95. The zero-order valence-electron chi connectivity index (χ0n) is 13.3. The van der Waals surface area contributed by atoms with Crippen LogP contribution in [0.2, 0.25) is 0 Å². The summed E-state index contributed by atoms with van der Waals surface area (Å²) < 4.78 is 2.01. The molecule has 2 aromatic rings.